The van der Waals surface area contributed by atoms with Crippen LogP contribution in [0.15, 0.2) is 10.7 Å². The topological polar surface area (TPSA) is 36.7 Å². The molecule has 1 fully saturated rings. The molecule has 0 bridgehead atoms. The largest absolute Gasteiger partial charge is 0.259 e. The van der Waals surface area contributed by atoms with Crippen molar-refractivity contribution in [2.45, 2.75) is 45.4 Å². The van der Waals surface area contributed by atoms with Gasteiger partial charge in [-0.05, 0) is 40.8 Å². The van der Waals surface area contributed by atoms with Crippen molar-refractivity contribution in [1.82, 2.24) is 4.98 Å². The van der Waals surface area contributed by atoms with Gasteiger partial charge in [0.15, 0.2) is 0 Å². The van der Waals surface area contributed by atoms with Crippen molar-refractivity contribution >= 4 is 15.9 Å². The van der Waals surface area contributed by atoms with E-state index in [2.05, 4.69) is 27.0 Å². The van der Waals surface area contributed by atoms with Crippen molar-refractivity contribution in [2.75, 3.05) is 0 Å². The lowest BCUT2D eigenvalue weighted by atomic mass is 9.85. The number of pyridine rings is 1. The molecule has 1 aliphatic rings. The van der Waals surface area contributed by atoms with E-state index in [0.29, 0.717) is 0 Å². The lowest BCUT2D eigenvalue weighted by Crippen LogP contribution is -2.12. The van der Waals surface area contributed by atoms with Crippen LogP contribution in [0.25, 0.3) is 0 Å². The van der Waals surface area contributed by atoms with Crippen LogP contribution in [0.4, 0.5) is 0 Å². The van der Waals surface area contributed by atoms with Gasteiger partial charge in [-0.3, -0.25) is 4.98 Å². The molecular weight excluding hydrogens is 276 g/mol. The van der Waals surface area contributed by atoms with E-state index in [-0.39, 0.29) is 0 Å². The van der Waals surface area contributed by atoms with Crippen LogP contribution in [0.1, 0.15) is 48.9 Å². The molecular formula is C14H17BrN2. The van der Waals surface area contributed by atoms with Gasteiger partial charge in [-0.15, -0.1) is 0 Å². The molecule has 0 amide bonds. The summed E-state index contributed by atoms with van der Waals surface area (Å²) in [5.41, 5.74) is 2.78. The minimum Gasteiger partial charge on any atom is -0.259 e. The molecule has 3 heteroatoms. The fourth-order valence-electron chi connectivity index (χ4n) is 2.60. The number of hydrogen-bond donors (Lipinski definition) is 0. The standard InChI is InChI=1S/C14H17BrN2/c1-10-12(8-16)14(17-9-13(10)15)7-11-5-3-2-4-6-11/h9,11H,2-7H2,1H3. The number of hydrogen-bond acceptors (Lipinski definition) is 2. The normalized spacial score (nSPS) is 16.8. The van der Waals surface area contributed by atoms with E-state index in [4.69, 9.17) is 0 Å². The van der Waals surface area contributed by atoms with Gasteiger partial charge in [0.2, 0.25) is 0 Å². The first-order chi connectivity index (χ1) is 8.22. The highest BCUT2D eigenvalue weighted by atomic mass is 79.9. The molecule has 0 unspecified atom stereocenters. The summed E-state index contributed by atoms with van der Waals surface area (Å²) in [5, 5.41) is 9.24. The third-order valence-electron chi connectivity index (χ3n) is 3.67. The van der Waals surface area contributed by atoms with Crippen molar-refractivity contribution in [1.29, 1.82) is 5.26 Å². The van der Waals surface area contributed by atoms with E-state index >= 15 is 0 Å². The van der Waals surface area contributed by atoms with Gasteiger partial charge in [0, 0.05) is 10.7 Å². The zero-order valence-electron chi connectivity index (χ0n) is 10.2. The van der Waals surface area contributed by atoms with Crippen molar-refractivity contribution < 1.29 is 0 Å². The number of nitriles is 1. The van der Waals surface area contributed by atoms with Crippen LogP contribution in [-0.2, 0) is 6.42 Å². The Balaban J connectivity index is 2.20. The summed E-state index contributed by atoms with van der Waals surface area (Å²) in [4.78, 5) is 4.43. The predicted octanol–water partition coefficient (Wildman–Crippen LogP) is 4.15. The summed E-state index contributed by atoms with van der Waals surface area (Å²) in [5.74, 6) is 0.726. The van der Waals surface area contributed by atoms with Crippen molar-refractivity contribution in [3.63, 3.8) is 0 Å². The van der Waals surface area contributed by atoms with Crippen molar-refractivity contribution in [3.8, 4) is 6.07 Å². The molecule has 0 atom stereocenters. The minimum absolute atomic E-state index is 0.726. The molecule has 2 nitrogen and oxygen atoms in total. The van der Waals surface area contributed by atoms with E-state index in [9.17, 15) is 5.26 Å². The molecule has 1 saturated carbocycles. The Hall–Kier alpha value is -0.880. The number of aromatic nitrogens is 1. The van der Waals surface area contributed by atoms with Crippen molar-refractivity contribution in [3.05, 3.63) is 27.5 Å². The third-order valence-corrected chi connectivity index (χ3v) is 4.47. The molecule has 2 rings (SSSR count). The monoisotopic (exact) mass is 292 g/mol. The highest BCUT2D eigenvalue weighted by Crippen LogP contribution is 2.29. The quantitative estimate of drug-likeness (QED) is 0.821. The molecule has 17 heavy (non-hydrogen) atoms. The summed E-state index contributed by atoms with van der Waals surface area (Å²) >= 11 is 3.43. The van der Waals surface area contributed by atoms with Gasteiger partial charge < -0.3 is 0 Å². The van der Waals surface area contributed by atoms with Gasteiger partial charge in [0.05, 0.1) is 11.3 Å². The van der Waals surface area contributed by atoms with E-state index in [1.165, 1.54) is 32.1 Å². The maximum Gasteiger partial charge on any atom is 0.101 e. The van der Waals surface area contributed by atoms with Crippen LogP contribution >= 0.6 is 15.9 Å². The maximum absolute atomic E-state index is 9.24. The zero-order valence-corrected chi connectivity index (χ0v) is 11.8. The molecule has 1 aromatic rings. The lowest BCUT2D eigenvalue weighted by Gasteiger charge is -2.21. The SMILES string of the molecule is Cc1c(Br)cnc(CC2CCCCC2)c1C#N. The highest BCUT2D eigenvalue weighted by Gasteiger charge is 2.18. The fraction of sp³-hybridized carbons (Fsp3) is 0.571. The van der Waals surface area contributed by atoms with Crippen LogP contribution in [0.3, 0.4) is 0 Å². The van der Waals surface area contributed by atoms with E-state index in [1.54, 1.807) is 0 Å². The Bertz CT molecular complexity index is 442. The van der Waals surface area contributed by atoms with Gasteiger partial charge >= 0.3 is 0 Å². The average molecular weight is 293 g/mol. The molecule has 0 aliphatic heterocycles. The summed E-state index contributed by atoms with van der Waals surface area (Å²) in [7, 11) is 0. The van der Waals surface area contributed by atoms with Gasteiger partial charge in [-0.1, -0.05) is 32.1 Å². The molecule has 1 heterocycles. The molecule has 90 valence electrons. The maximum atomic E-state index is 9.24. The first-order valence-corrected chi connectivity index (χ1v) is 7.05. The summed E-state index contributed by atoms with van der Waals surface area (Å²) in [6.07, 6.45) is 9.42. The van der Waals surface area contributed by atoms with Crippen LogP contribution in [0.5, 0.6) is 0 Å². The molecule has 0 spiro atoms. The Morgan fingerprint density at radius 2 is 2.12 bits per heavy atom. The summed E-state index contributed by atoms with van der Waals surface area (Å²) in [6.45, 7) is 1.98. The van der Waals surface area contributed by atoms with Gasteiger partial charge in [0.25, 0.3) is 0 Å². The van der Waals surface area contributed by atoms with Crippen molar-refractivity contribution in [2.24, 2.45) is 5.92 Å². The average Bonchev–Trinajstić information content (AvgIpc) is 2.36. The minimum atomic E-state index is 0.726. The second-order valence-electron chi connectivity index (χ2n) is 4.87. The third kappa shape index (κ3) is 2.87. The Kier molecular flexibility index (Phi) is 4.17. The Morgan fingerprint density at radius 1 is 1.41 bits per heavy atom. The molecule has 0 N–H and O–H groups in total. The molecule has 0 aromatic carbocycles. The number of nitrogens with zero attached hydrogens (tertiary/aromatic N) is 2. The zero-order chi connectivity index (χ0) is 12.3. The highest BCUT2D eigenvalue weighted by molar-refractivity contribution is 9.10. The number of rotatable bonds is 2. The lowest BCUT2D eigenvalue weighted by molar-refractivity contribution is 0.354. The summed E-state index contributed by atoms with van der Waals surface area (Å²) < 4.78 is 0.932. The summed E-state index contributed by atoms with van der Waals surface area (Å²) in [6, 6.07) is 2.30. The number of halogens is 1. The van der Waals surface area contributed by atoms with Crippen LogP contribution < -0.4 is 0 Å². The second-order valence-corrected chi connectivity index (χ2v) is 5.73. The first kappa shape index (κ1) is 12.6. The van der Waals surface area contributed by atoms with E-state index < -0.39 is 0 Å². The van der Waals surface area contributed by atoms with Gasteiger partial charge in [-0.2, -0.15) is 5.26 Å². The second kappa shape index (κ2) is 5.64. The first-order valence-electron chi connectivity index (χ1n) is 6.26. The van der Waals surface area contributed by atoms with Crippen LogP contribution in [0, 0.1) is 24.2 Å². The Morgan fingerprint density at radius 3 is 2.76 bits per heavy atom. The fourth-order valence-corrected chi connectivity index (χ4v) is 2.90. The molecule has 0 saturated heterocycles. The van der Waals surface area contributed by atoms with Crippen LogP contribution in [0.2, 0.25) is 0 Å². The van der Waals surface area contributed by atoms with Crippen LogP contribution in [-0.4, -0.2) is 4.98 Å². The molecule has 1 aliphatic carbocycles. The van der Waals surface area contributed by atoms with Gasteiger partial charge in [0.1, 0.15) is 6.07 Å². The Labute approximate surface area is 111 Å². The molecule has 1 aromatic heterocycles. The smallest absolute Gasteiger partial charge is 0.101 e. The van der Waals surface area contributed by atoms with E-state index in [1.807, 2.05) is 13.1 Å². The molecule has 0 radical (unpaired) electrons. The van der Waals surface area contributed by atoms with Gasteiger partial charge in [-0.25, -0.2) is 0 Å². The van der Waals surface area contributed by atoms with E-state index in [0.717, 1.165) is 33.6 Å². The predicted molar refractivity (Wildman–Crippen MR) is 71.7 cm³/mol.